The summed E-state index contributed by atoms with van der Waals surface area (Å²) in [5.41, 5.74) is 4.80. The third-order valence-corrected chi connectivity index (χ3v) is 3.76. The smallest absolute Gasteiger partial charge is 0.323 e. The Morgan fingerprint density at radius 2 is 1.96 bits per heavy atom. The summed E-state index contributed by atoms with van der Waals surface area (Å²) in [4.78, 5) is 24.0. The molecular formula is C18H15N5O. The second-order valence-corrected chi connectivity index (χ2v) is 5.56. The van der Waals surface area contributed by atoms with Crippen molar-refractivity contribution < 1.29 is 4.79 Å². The molecule has 4 rings (SSSR count). The van der Waals surface area contributed by atoms with Crippen molar-refractivity contribution in [2.75, 3.05) is 10.6 Å². The molecule has 0 saturated carbocycles. The quantitative estimate of drug-likeness (QED) is 0.521. The molecule has 3 N–H and O–H groups in total. The van der Waals surface area contributed by atoms with E-state index in [1.807, 2.05) is 37.3 Å². The summed E-state index contributed by atoms with van der Waals surface area (Å²) in [5.74, 6) is 0. The lowest BCUT2D eigenvalue weighted by molar-refractivity contribution is 0.262. The molecule has 0 spiro atoms. The number of benzene rings is 1. The number of hydrogen-bond donors (Lipinski definition) is 3. The number of H-pyrrole nitrogens is 1. The second-order valence-electron chi connectivity index (χ2n) is 5.56. The number of nitrogens with one attached hydrogen (secondary N) is 3. The van der Waals surface area contributed by atoms with Gasteiger partial charge in [-0.25, -0.2) is 4.79 Å². The van der Waals surface area contributed by atoms with Gasteiger partial charge in [0.25, 0.3) is 0 Å². The largest absolute Gasteiger partial charge is 0.359 e. The van der Waals surface area contributed by atoms with Crippen molar-refractivity contribution in [1.29, 1.82) is 0 Å². The first-order valence-electron chi connectivity index (χ1n) is 7.56. The number of fused-ring (bicyclic) bond motifs is 2. The normalized spacial score (nSPS) is 10.9. The van der Waals surface area contributed by atoms with Crippen molar-refractivity contribution >= 4 is 39.3 Å². The molecule has 2 amide bonds. The number of anilines is 2. The third-order valence-electron chi connectivity index (χ3n) is 3.76. The maximum Gasteiger partial charge on any atom is 0.323 e. The number of pyridine rings is 2. The Labute approximate surface area is 137 Å². The molecular weight excluding hydrogens is 302 g/mol. The van der Waals surface area contributed by atoms with E-state index in [1.165, 1.54) is 0 Å². The van der Waals surface area contributed by atoms with E-state index in [0.717, 1.165) is 22.1 Å². The first-order valence-corrected chi connectivity index (χ1v) is 7.56. The van der Waals surface area contributed by atoms with E-state index >= 15 is 0 Å². The van der Waals surface area contributed by atoms with E-state index in [4.69, 9.17) is 0 Å². The van der Waals surface area contributed by atoms with Crippen molar-refractivity contribution in [3.8, 4) is 0 Å². The lowest BCUT2D eigenvalue weighted by Gasteiger charge is -2.09. The number of aromatic amines is 1. The van der Waals surface area contributed by atoms with E-state index in [0.29, 0.717) is 16.9 Å². The molecule has 24 heavy (non-hydrogen) atoms. The Kier molecular flexibility index (Phi) is 3.35. The van der Waals surface area contributed by atoms with Crippen LogP contribution in [0.15, 0.2) is 54.9 Å². The molecule has 0 bridgehead atoms. The number of rotatable bonds is 2. The highest BCUT2D eigenvalue weighted by Crippen LogP contribution is 2.21. The number of carbonyl (C=O) groups is 1. The molecule has 118 valence electrons. The molecule has 1 aromatic carbocycles. The van der Waals surface area contributed by atoms with Gasteiger partial charge >= 0.3 is 6.03 Å². The van der Waals surface area contributed by atoms with E-state index < -0.39 is 0 Å². The van der Waals surface area contributed by atoms with Crippen LogP contribution in [0.3, 0.4) is 0 Å². The van der Waals surface area contributed by atoms with Crippen LogP contribution in [0.4, 0.5) is 16.2 Å². The van der Waals surface area contributed by atoms with Crippen LogP contribution in [-0.4, -0.2) is 21.0 Å². The van der Waals surface area contributed by atoms with Crippen LogP contribution in [0.1, 0.15) is 5.69 Å². The average molecular weight is 317 g/mol. The minimum atomic E-state index is -0.323. The molecule has 0 radical (unpaired) electrons. The highest BCUT2D eigenvalue weighted by molar-refractivity contribution is 6.05. The van der Waals surface area contributed by atoms with Crippen LogP contribution < -0.4 is 10.6 Å². The first kappa shape index (κ1) is 14.2. The molecule has 0 aliphatic heterocycles. The SMILES string of the molecule is Cc1cc2ccc(NC(=O)Nc3ccnc4cccnc34)cc2[nH]1. The average Bonchev–Trinajstić information content (AvgIpc) is 2.94. The van der Waals surface area contributed by atoms with E-state index in [9.17, 15) is 4.79 Å². The van der Waals surface area contributed by atoms with Crippen molar-refractivity contribution in [2.45, 2.75) is 6.92 Å². The topological polar surface area (TPSA) is 82.7 Å². The van der Waals surface area contributed by atoms with Gasteiger partial charge in [-0.3, -0.25) is 9.97 Å². The second kappa shape index (κ2) is 5.66. The number of carbonyl (C=O) groups excluding carboxylic acids is 1. The van der Waals surface area contributed by atoms with Crippen LogP contribution in [0.5, 0.6) is 0 Å². The molecule has 4 aromatic rings. The predicted molar refractivity (Wildman–Crippen MR) is 95.2 cm³/mol. The zero-order valence-electron chi connectivity index (χ0n) is 13.0. The number of hydrogen-bond acceptors (Lipinski definition) is 3. The minimum Gasteiger partial charge on any atom is -0.359 e. The molecule has 0 atom stereocenters. The summed E-state index contributed by atoms with van der Waals surface area (Å²) in [6, 6.07) is 12.9. The van der Waals surface area contributed by atoms with E-state index in [2.05, 4.69) is 31.7 Å². The highest BCUT2D eigenvalue weighted by Gasteiger charge is 2.08. The fourth-order valence-electron chi connectivity index (χ4n) is 2.71. The molecule has 0 unspecified atom stereocenters. The molecule has 0 saturated heterocycles. The van der Waals surface area contributed by atoms with Gasteiger partial charge in [0.05, 0.1) is 11.2 Å². The Hall–Kier alpha value is -3.41. The molecule has 3 heterocycles. The van der Waals surface area contributed by atoms with Gasteiger partial charge in [-0.05, 0) is 48.7 Å². The maximum atomic E-state index is 12.3. The lowest BCUT2D eigenvalue weighted by Crippen LogP contribution is -2.19. The van der Waals surface area contributed by atoms with Crippen molar-refractivity contribution in [3.05, 3.63) is 60.6 Å². The highest BCUT2D eigenvalue weighted by atomic mass is 16.2. The fourth-order valence-corrected chi connectivity index (χ4v) is 2.71. The predicted octanol–water partition coefficient (Wildman–Crippen LogP) is 4.06. The van der Waals surface area contributed by atoms with Crippen LogP contribution in [0.2, 0.25) is 0 Å². The van der Waals surface area contributed by atoms with Crippen LogP contribution in [0.25, 0.3) is 21.9 Å². The standard InChI is InChI=1S/C18H15N5O/c1-11-9-12-4-5-13(10-16(12)21-11)22-18(24)23-15-6-8-19-14-3-2-7-20-17(14)15/h2-10,21H,1H3,(H2,19,22,23,24). The summed E-state index contributed by atoms with van der Waals surface area (Å²) < 4.78 is 0. The van der Waals surface area contributed by atoms with Gasteiger partial charge in [0, 0.05) is 29.3 Å². The number of urea groups is 1. The number of nitrogens with zero attached hydrogens (tertiary/aromatic N) is 2. The van der Waals surface area contributed by atoms with E-state index in [-0.39, 0.29) is 6.03 Å². The molecule has 3 aromatic heterocycles. The van der Waals surface area contributed by atoms with Gasteiger partial charge in [0.2, 0.25) is 0 Å². The minimum absolute atomic E-state index is 0.323. The summed E-state index contributed by atoms with van der Waals surface area (Å²) in [6.45, 7) is 2.00. The summed E-state index contributed by atoms with van der Waals surface area (Å²) in [6.07, 6.45) is 3.32. The van der Waals surface area contributed by atoms with Gasteiger partial charge in [-0.2, -0.15) is 0 Å². The Bertz CT molecular complexity index is 1050. The summed E-state index contributed by atoms with van der Waals surface area (Å²) in [5, 5.41) is 6.78. The number of aromatic nitrogens is 3. The van der Waals surface area contributed by atoms with Crippen molar-refractivity contribution in [2.24, 2.45) is 0 Å². The third kappa shape index (κ3) is 2.65. The van der Waals surface area contributed by atoms with Crippen LogP contribution >= 0.6 is 0 Å². The van der Waals surface area contributed by atoms with Crippen molar-refractivity contribution in [1.82, 2.24) is 15.0 Å². The molecule has 0 fully saturated rings. The molecule has 0 aliphatic carbocycles. The molecule has 6 nitrogen and oxygen atoms in total. The van der Waals surface area contributed by atoms with Crippen LogP contribution in [-0.2, 0) is 0 Å². The lowest BCUT2D eigenvalue weighted by atomic mass is 10.2. The Morgan fingerprint density at radius 3 is 2.88 bits per heavy atom. The van der Waals surface area contributed by atoms with E-state index in [1.54, 1.807) is 18.5 Å². The van der Waals surface area contributed by atoms with Gasteiger partial charge in [-0.1, -0.05) is 6.07 Å². The van der Waals surface area contributed by atoms with Gasteiger partial charge in [0.1, 0.15) is 5.52 Å². The Balaban J connectivity index is 1.56. The summed E-state index contributed by atoms with van der Waals surface area (Å²) in [7, 11) is 0. The van der Waals surface area contributed by atoms with Gasteiger partial charge < -0.3 is 15.6 Å². The van der Waals surface area contributed by atoms with Crippen molar-refractivity contribution in [3.63, 3.8) is 0 Å². The molecule has 6 heteroatoms. The first-order chi connectivity index (χ1) is 11.7. The number of aryl methyl sites for hydroxylation is 1. The zero-order chi connectivity index (χ0) is 16.5. The summed E-state index contributed by atoms with van der Waals surface area (Å²) >= 11 is 0. The van der Waals surface area contributed by atoms with Crippen LogP contribution in [0, 0.1) is 6.92 Å². The maximum absolute atomic E-state index is 12.3. The molecule has 0 aliphatic rings. The Morgan fingerprint density at radius 1 is 1.04 bits per heavy atom. The van der Waals surface area contributed by atoms with Gasteiger partial charge in [-0.15, -0.1) is 0 Å². The zero-order valence-corrected chi connectivity index (χ0v) is 13.0. The van der Waals surface area contributed by atoms with Gasteiger partial charge in [0.15, 0.2) is 0 Å². The number of amides is 2. The monoisotopic (exact) mass is 317 g/mol. The fraction of sp³-hybridized carbons (Fsp3) is 0.0556.